The van der Waals surface area contributed by atoms with E-state index in [0.717, 1.165) is 25.7 Å². The van der Waals surface area contributed by atoms with Gasteiger partial charge in [0.05, 0.1) is 19.1 Å². The smallest absolute Gasteiger partial charge is 0.306 e. The van der Waals surface area contributed by atoms with E-state index in [1.165, 1.54) is 0 Å². The molecule has 1 aliphatic carbocycles. The molecule has 0 aromatic rings. The predicted molar refractivity (Wildman–Crippen MR) is 58.4 cm³/mol. The molecule has 1 rings (SSSR count). The predicted octanol–water partition coefficient (Wildman–Crippen LogP) is 2.05. The lowest BCUT2D eigenvalue weighted by Gasteiger charge is -2.21. The van der Waals surface area contributed by atoms with Crippen LogP contribution in [0.1, 0.15) is 39.0 Å². The van der Waals surface area contributed by atoms with Gasteiger partial charge in [-0.05, 0) is 32.1 Å². The Morgan fingerprint density at radius 2 is 2.33 bits per heavy atom. The summed E-state index contributed by atoms with van der Waals surface area (Å²) >= 11 is 0. The van der Waals surface area contributed by atoms with Gasteiger partial charge in [-0.15, -0.1) is 0 Å². The number of rotatable bonds is 3. The Bertz CT molecular complexity index is 223. The molecule has 1 aliphatic rings. The van der Waals surface area contributed by atoms with Crippen molar-refractivity contribution in [1.82, 2.24) is 0 Å². The van der Waals surface area contributed by atoms with Gasteiger partial charge in [-0.3, -0.25) is 4.79 Å². The third-order valence-electron chi connectivity index (χ3n) is 2.75. The van der Waals surface area contributed by atoms with E-state index in [4.69, 9.17) is 4.74 Å². The molecular weight excluding hydrogens is 192 g/mol. The molecule has 0 fully saturated rings. The fourth-order valence-corrected chi connectivity index (χ4v) is 1.89. The highest BCUT2D eigenvalue weighted by molar-refractivity contribution is 5.69. The Labute approximate surface area is 91.1 Å². The molecule has 1 N–H and O–H groups in total. The molecule has 0 heterocycles. The molecule has 0 saturated heterocycles. The van der Waals surface area contributed by atoms with Crippen LogP contribution in [-0.2, 0) is 9.53 Å². The van der Waals surface area contributed by atoms with E-state index in [1.54, 1.807) is 6.92 Å². The summed E-state index contributed by atoms with van der Waals surface area (Å²) in [6.07, 6.45) is 7.81. The van der Waals surface area contributed by atoms with E-state index >= 15 is 0 Å². The minimum atomic E-state index is -0.491. The molecule has 15 heavy (non-hydrogen) atoms. The SMILES string of the molecule is CCOC(=O)CC1CCCC/C=C\C1O. The highest BCUT2D eigenvalue weighted by Gasteiger charge is 2.21. The van der Waals surface area contributed by atoms with Gasteiger partial charge >= 0.3 is 5.97 Å². The van der Waals surface area contributed by atoms with Crippen LogP contribution in [0.25, 0.3) is 0 Å². The number of aliphatic hydroxyl groups excluding tert-OH is 1. The van der Waals surface area contributed by atoms with Crippen molar-refractivity contribution < 1.29 is 14.6 Å². The number of ether oxygens (including phenoxy) is 1. The third-order valence-corrected chi connectivity index (χ3v) is 2.75. The molecule has 0 bridgehead atoms. The minimum absolute atomic E-state index is 0.0283. The summed E-state index contributed by atoms with van der Waals surface area (Å²) in [7, 11) is 0. The molecule has 3 nitrogen and oxygen atoms in total. The summed E-state index contributed by atoms with van der Waals surface area (Å²) in [5.74, 6) is -0.170. The van der Waals surface area contributed by atoms with E-state index in [2.05, 4.69) is 0 Å². The van der Waals surface area contributed by atoms with Crippen molar-refractivity contribution in [3.63, 3.8) is 0 Å². The van der Waals surface area contributed by atoms with Crippen LogP contribution in [0.5, 0.6) is 0 Å². The summed E-state index contributed by atoms with van der Waals surface area (Å²) in [6, 6.07) is 0. The Hall–Kier alpha value is -0.830. The maximum Gasteiger partial charge on any atom is 0.306 e. The van der Waals surface area contributed by atoms with Crippen molar-refractivity contribution in [3.8, 4) is 0 Å². The number of allylic oxidation sites excluding steroid dienone is 1. The van der Waals surface area contributed by atoms with E-state index in [1.807, 2.05) is 12.2 Å². The second-order valence-electron chi connectivity index (χ2n) is 3.97. The van der Waals surface area contributed by atoms with Crippen molar-refractivity contribution in [2.24, 2.45) is 5.92 Å². The largest absolute Gasteiger partial charge is 0.466 e. The summed E-state index contributed by atoms with van der Waals surface area (Å²) < 4.78 is 4.89. The number of carbonyl (C=O) groups is 1. The van der Waals surface area contributed by atoms with Gasteiger partial charge in [-0.2, -0.15) is 0 Å². The summed E-state index contributed by atoms with van der Waals surface area (Å²) in [5, 5.41) is 9.80. The number of aliphatic hydroxyl groups is 1. The summed E-state index contributed by atoms with van der Waals surface area (Å²) in [4.78, 5) is 11.3. The molecule has 0 aliphatic heterocycles. The van der Waals surface area contributed by atoms with Crippen LogP contribution in [0.2, 0.25) is 0 Å². The highest BCUT2D eigenvalue weighted by atomic mass is 16.5. The molecule has 0 amide bonds. The van der Waals surface area contributed by atoms with Crippen LogP contribution in [0.4, 0.5) is 0 Å². The summed E-state index contributed by atoms with van der Waals surface area (Å²) in [5.41, 5.74) is 0. The molecule has 0 radical (unpaired) electrons. The molecular formula is C12H20O3. The Morgan fingerprint density at radius 1 is 1.53 bits per heavy atom. The molecule has 0 aromatic heterocycles. The quantitative estimate of drug-likeness (QED) is 0.575. The minimum Gasteiger partial charge on any atom is -0.466 e. The lowest BCUT2D eigenvalue weighted by molar-refractivity contribution is -0.145. The van der Waals surface area contributed by atoms with Crippen LogP contribution in [-0.4, -0.2) is 23.8 Å². The Morgan fingerprint density at radius 3 is 3.07 bits per heavy atom. The summed E-state index contributed by atoms with van der Waals surface area (Å²) in [6.45, 7) is 2.21. The van der Waals surface area contributed by atoms with Gasteiger partial charge < -0.3 is 9.84 Å². The molecule has 0 aromatic carbocycles. The first-order valence-electron chi connectivity index (χ1n) is 5.74. The lowest BCUT2D eigenvalue weighted by atomic mass is 9.90. The molecule has 3 heteroatoms. The number of hydrogen-bond donors (Lipinski definition) is 1. The van der Waals surface area contributed by atoms with Gasteiger partial charge in [0.25, 0.3) is 0 Å². The lowest BCUT2D eigenvalue weighted by Crippen LogP contribution is -2.23. The Kier molecular flexibility index (Phi) is 5.40. The average molecular weight is 212 g/mol. The van der Waals surface area contributed by atoms with E-state index in [-0.39, 0.29) is 11.9 Å². The fraction of sp³-hybridized carbons (Fsp3) is 0.750. The normalized spacial score (nSPS) is 28.9. The number of carbonyl (C=O) groups excluding carboxylic acids is 1. The molecule has 0 spiro atoms. The van der Waals surface area contributed by atoms with Gasteiger partial charge in [0.1, 0.15) is 0 Å². The second kappa shape index (κ2) is 6.62. The molecule has 0 saturated carbocycles. The van der Waals surface area contributed by atoms with Gasteiger partial charge in [0.15, 0.2) is 0 Å². The molecule has 86 valence electrons. The van der Waals surface area contributed by atoms with Gasteiger partial charge in [0, 0.05) is 0 Å². The zero-order valence-corrected chi connectivity index (χ0v) is 9.32. The maximum absolute atomic E-state index is 11.3. The maximum atomic E-state index is 11.3. The van der Waals surface area contributed by atoms with Crippen LogP contribution >= 0.6 is 0 Å². The van der Waals surface area contributed by atoms with Crippen LogP contribution in [0, 0.1) is 5.92 Å². The van der Waals surface area contributed by atoms with Crippen LogP contribution in [0.15, 0.2) is 12.2 Å². The fourth-order valence-electron chi connectivity index (χ4n) is 1.89. The average Bonchev–Trinajstić information content (AvgIpc) is 2.18. The number of esters is 1. The van der Waals surface area contributed by atoms with E-state index in [0.29, 0.717) is 13.0 Å². The molecule has 2 atom stereocenters. The van der Waals surface area contributed by atoms with Crippen LogP contribution < -0.4 is 0 Å². The standard InChI is InChI=1S/C12H20O3/c1-2-15-12(14)9-10-7-5-3-4-6-8-11(10)13/h6,8,10-11,13H,2-5,7,9H2,1H3/b8-6-. The Balaban J connectivity index is 2.45. The first-order chi connectivity index (χ1) is 7.24. The zero-order chi connectivity index (χ0) is 11.1. The first kappa shape index (κ1) is 12.2. The first-order valence-corrected chi connectivity index (χ1v) is 5.74. The van der Waals surface area contributed by atoms with Crippen molar-refractivity contribution in [2.45, 2.75) is 45.1 Å². The topological polar surface area (TPSA) is 46.5 Å². The van der Waals surface area contributed by atoms with Crippen molar-refractivity contribution >= 4 is 5.97 Å². The van der Waals surface area contributed by atoms with Crippen molar-refractivity contribution in [1.29, 1.82) is 0 Å². The van der Waals surface area contributed by atoms with Crippen molar-refractivity contribution in [2.75, 3.05) is 6.61 Å². The highest BCUT2D eigenvalue weighted by Crippen LogP contribution is 2.22. The van der Waals surface area contributed by atoms with E-state index < -0.39 is 6.10 Å². The zero-order valence-electron chi connectivity index (χ0n) is 9.32. The van der Waals surface area contributed by atoms with Gasteiger partial charge in [-0.1, -0.05) is 18.6 Å². The van der Waals surface area contributed by atoms with Crippen LogP contribution in [0.3, 0.4) is 0 Å². The van der Waals surface area contributed by atoms with Gasteiger partial charge in [-0.25, -0.2) is 0 Å². The monoisotopic (exact) mass is 212 g/mol. The van der Waals surface area contributed by atoms with E-state index in [9.17, 15) is 9.90 Å². The number of hydrogen-bond acceptors (Lipinski definition) is 3. The molecule has 2 unspecified atom stereocenters. The third kappa shape index (κ3) is 4.47. The second-order valence-corrected chi connectivity index (χ2v) is 3.97. The van der Waals surface area contributed by atoms with Gasteiger partial charge in [0.2, 0.25) is 0 Å². The van der Waals surface area contributed by atoms with Crippen molar-refractivity contribution in [3.05, 3.63) is 12.2 Å².